The third-order valence-corrected chi connectivity index (χ3v) is 5.29. The third kappa shape index (κ3) is 2.37. The van der Waals surface area contributed by atoms with E-state index < -0.39 is 0 Å². The molecule has 1 N–H and O–H groups in total. The van der Waals surface area contributed by atoms with E-state index in [1.807, 2.05) is 37.5 Å². The first-order chi connectivity index (χ1) is 12.7. The van der Waals surface area contributed by atoms with Gasteiger partial charge in [0, 0.05) is 49.6 Å². The van der Waals surface area contributed by atoms with Gasteiger partial charge in [-0.25, -0.2) is 9.97 Å². The largest absolute Gasteiger partial charge is 0.352 e. The normalized spacial score (nSPS) is 14.0. The van der Waals surface area contributed by atoms with E-state index in [0.717, 1.165) is 47.7 Å². The van der Waals surface area contributed by atoms with Crippen molar-refractivity contribution in [1.82, 2.24) is 24.7 Å². The van der Waals surface area contributed by atoms with E-state index in [9.17, 15) is 0 Å². The third-order valence-electron chi connectivity index (χ3n) is 4.99. The van der Waals surface area contributed by atoms with Gasteiger partial charge in [-0.05, 0) is 18.2 Å². The first-order valence-corrected chi connectivity index (χ1v) is 8.92. The van der Waals surface area contributed by atoms with Gasteiger partial charge < -0.3 is 9.47 Å². The molecule has 3 aromatic heterocycles. The minimum Gasteiger partial charge on any atom is -0.352 e. The zero-order chi connectivity index (χ0) is 17.7. The number of nitrogens with zero attached hydrogens (tertiary/aromatic N) is 5. The van der Waals surface area contributed by atoms with E-state index in [1.165, 1.54) is 11.3 Å². The Labute approximate surface area is 155 Å². The van der Waals surface area contributed by atoms with E-state index in [2.05, 4.69) is 30.7 Å². The Bertz CT molecular complexity index is 1110. The monoisotopic (exact) mass is 364 g/mol. The number of rotatable bonds is 2. The summed E-state index contributed by atoms with van der Waals surface area (Å²) in [6.45, 7) is 1.69. The van der Waals surface area contributed by atoms with Gasteiger partial charge in [0.1, 0.15) is 11.6 Å². The van der Waals surface area contributed by atoms with Crippen LogP contribution in [0.25, 0.3) is 22.4 Å². The second-order valence-corrected chi connectivity index (χ2v) is 6.96. The Morgan fingerprint density at radius 3 is 2.96 bits per heavy atom. The highest BCUT2D eigenvalue weighted by molar-refractivity contribution is 6.33. The molecule has 1 aromatic carbocycles. The van der Waals surface area contributed by atoms with Crippen LogP contribution in [0.3, 0.4) is 0 Å². The van der Waals surface area contributed by atoms with Gasteiger partial charge in [0.25, 0.3) is 0 Å². The average molecular weight is 365 g/mol. The molecule has 5 rings (SSSR count). The number of aryl methyl sites for hydroxylation is 1. The van der Waals surface area contributed by atoms with E-state index in [-0.39, 0.29) is 0 Å². The van der Waals surface area contributed by atoms with Gasteiger partial charge in [0.2, 0.25) is 0 Å². The van der Waals surface area contributed by atoms with Crippen LogP contribution < -0.4 is 4.90 Å². The second kappa shape index (κ2) is 5.85. The molecule has 1 aliphatic heterocycles. The van der Waals surface area contributed by atoms with Crippen LogP contribution >= 0.6 is 11.6 Å². The summed E-state index contributed by atoms with van der Waals surface area (Å²) < 4.78 is 2.07. The fourth-order valence-corrected chi connectivity index (χ4v) is 3.76. The van der Waals surface area contributed by atoms with Crippen molar-refractivity contribution < 1.29 is 0 Å². The summed E-state index contributed by atoms with van der Waals surface area (Å²) in [5.41, 5.74) is 5.37. The molecular formula is C19H17ClN6. The quantitative estimate of drug-likeness (QED) is 0.590. The molecule has 0 radical (unpaired) electrons. The molecule has 7 heteroatoms. The van der Waals surface area contributed by atoms with Crippen LogP contribution in [0.1, 0.15) is 11.3 Å². The molecule has 0 saturated heterocycles. The number of H-pyrrole nitrogens is 1. The second-order valence-electron chi connectivity index (χ2n) is 6.55. The number of halogens is 1. The van der Waals surface area contributed by atoms with Crippen molar-refractivity contribution in [3.63, 3.8) is 0 Å². The summed E-state index contributed by atoms with van der Waals surface area (Å²) >= 11 is 6.48. The molecule has 0 bridgehead atoms. The number of benzene rings is 1. The minimum absolute atomic E-state index is 0.605. The van der Waals surface area contributed by atoms with Gasteiger partial charge in [0.15, 0.2) is 0 Å². The van der Waals surface area contributed by atoms with Gasteiger partial charge in [0.05, 0.1) is 22.3 Å². The molecule has 4 heterocycles. The van der Waals surface area contributed by atoms with Gasteiger partial charge in [-0.2, -0.15) is 5.10 Å². The summed E-state index contributed by atoms with van der Waals surface area (Å²) in [7, 11) is 2.01. The highest BCUT2D eigenvalue weighted by atomic mass is 35.5. The number of anilines is 1. The highest BCUT2D eigenvalue weighted by Crippen LogP contribution is 2.32. The predicted molar refractivity (Wildman–Crippen MR) is 102 cm³/mol. The number of aromatic nitrogens is 5. The molecule has 26 heavy (non-hydrogen) atoms. The van der Waals surface area contributed by atoms with Crippen LogP contribution in [0.2, 0.25) is 5.02 Å². The van der Waals surface area contributed by atoms with Crippen LogP contribution in [0.15, 0.2) is 42.7 Å². The number of fused-ring (bicyclic) bond motifs is 2. The first-order valence-electron chi connectivity index (χ1n) is 8.54. The summed E-state index contributed by atoms with van der Waals surface area (Å²) in [6.07, 6.45) is 4.54. The zero-order valence-corrected chi connectivity index (χ0v) is 15.0. The molecule has 0 atom stereocenters. The predicted octanol–water partition coefficient (Wildman–Crippen LogP) is 3.57. The van der Waals surface area contributed by atoms with Crippen molar-refractivity contribution in [3.8, 4) is 11.4 Å². The lowest BCUT2D eigenvalue weighted by Crippen LogP contribution is -2.30. The number of hydrogen-bond acceptors (Lipinski definition) is 4. The van der Waals surface area contributed by atoms with Crippen molar-refractivity contribution in [2.75, 3.05) is 11.4 Å². The number of para-hydroxylation sites is 2. The van der Waals surface area contributed by atoms with Crippen molar-refractivity contribution in [2.45, 2.75) is 13.0 Å². The average Bonchev–Trinajstić information content (AvgIpc) is 3.26. The maximum atomic E-state index is 6.48. The SMILES string of the molecule is Cn1c(-c2cc(N3CCc4[nH]ncc4C3)ncc2Cl)nc2ccccc21. The van der Waals surface area contributed by atoms with Crippen LogP contribution in [0.4, 0.5) is 5.82 Å². The molecule has 130 valence electrons. The fourth-order valence-electron chi connectivity index (χ4n) is 3.58. The van der Waals surface area contributed by atoms with Crippen molar-refractivity contribution in [1.29, 1.82) is 0 Å². The Morgan fingerprint density at radius 1 is 1.19 bits per heavy atom. The topological polar surface area (TPSA) is 62.6 Å². The summed E-state index contributed by atoms with van der Waals surface area (Å²) in [5.74, 6) is 1.75. The molecule has 1 aliphatic rings. The highest BCUT2D eigenvalue weighted by Gasteiger charge is 2.21. The van der Waals surface area contributed by atoms with E-state index in [0.29, 0.717) is 5.02 Å². The van der Waals surface area contributed by atoms with Crippen LogP contribution in [-0.2, 0) is 20.0 Å². The van der Waals surface area contributed by atoms with Gasteiger partial charge in [-0.15, -0.1) is 0 Å². The Kier molecular flexibility index (Phi) is 3.46. The molecule has 0 fully saturated rings. The summed E-state index contributed by atoms with van der Waals surface area (Å²) in [6, 6.07) is 10.1. The van der Waals surface area contributed by atoms with E-state index >= 15 is 0 Å². The van der Waals surface area contributed by atoms with Gasteiger partial charge in [-0.1, -0.05) is 23.7 Å². The van der Waals surface area contributed by atoms with Crippen LogP contribution in [-0.4, -0.2) is 31.3 Å². The number of nitrogens with one attached hydrogen (secondary N) is 1. The lowest BCUT2D eigenvalue weighted by atomic mass is 10.1. The van der Waals surface area contributed by atoms with E-state index in [4.69, 9.17) is 16.6 Å². The fraction of sp³-hybridized carbons (Fsp3) is 0.211. The number of pyridine rings is 1. The molecule has 0 spiro atoms. The molecule has 6 nitrogen and oxygen atoms in total. The summed E-state index contributed by atoms with van der Waals surface area (Å²) in [4.78, 5) is 11.6. The zero-order valence-electron chi connectivity index (χ0n) is 14.3. The Balaban J connectivity index is 1.58. The molecular weight excluding hydrogens is 348 g/mol. The summed E-state index contributed by atoms with van der Waals surface area (Å²) in [5, 5.41) is 7.81. The molecule has 0 unspecified atom stereocenters. The lowest BCUT2D eigenvalue weighted by molar-refractivity contribution is 0.711. The maximum absolute atomic E-state index is 6.48. The number of aromatic amines is 1. The molecule has 0 amide bonds. The number of hydrogen-bond donors (Lipinski definition) is 1. The van der Waals surface area contributed by atoms with Crippen molar-refractivity contribution in [2.24, 2.45) is 7.05 Å². The molecule has 0 aliphatic carbocycles. The minimum atomic E-state index is 0.605. The van der Waals surface area contributed by atoms with Crippen LogP contribution in [0.5, 0.6) is 0 Å². The Morgan fingerprint density at radius 2 is 2.08 bits per heavy atom. The van der Waals surface area contributed by atoms with Crippen molar-refractivity contribution in [3.05, 3.63) is 59.0 Å². The lowest BCUT2D eigenvalue weighted by Gasteiger charge is -2.27. The first kappa shape index (κ1) is 15.4. The van der Waals surface area contributed by atoms with Gasteiger partial charge >= 0.3 is 0 Å². The maximum Gasteiger partial charge on any atom is 0.142 e. The molecule has 4 aromatic rings. The smallest absolute Gasteiger partial charge is 0.142 e. The Hall–Kier alpha value is -2.86. The van der Waals surface area contributed by atoms with E-state index in [1.54, 1.807) is 6.20 Å². The number of imidazole rings is 1. The molecule has 0 saturated carbocycles. The van der Waals surface area contributed by atoms with Crippen molar-refractivity contribution >= 4 is 28.5 Å². The standard InChI is InChI=1S/C19H17ClN6/c1-25-17-5-3-2-4-16(17)23-19(25)13-8-18(21-10-14(13)20)26-7-6-15-12(11-26)9-22-24-15/h2-5,8-10H,6-7,11H2,1H3,(H,22,24). The van der Waals surface area contributed by atoms with Crippen LogP contribution in [0, 0.1) is 0 Å². The van der Waals surface area contributed by atoms with Gasteiger partial charge in [-0.3, -0.25) is 5.10 Å².